The minimum Gasteiger partial charge on any atom is -0.465 e. The molecule has 1 heterocycles. The Balaban J connectivity index is 2.55. The first-order valence-electron chi connectivity index (χ1n) is 6.58. The summed E-state index contributed by atoms with van der Waals surface area (Å²) in [6.07, 6.45) is 1.51. The number of rotatable bonds is 3. The third kappa shape index (κ3) is 2.72. The highest BCUT2D eigenvalue weighted by Crippen LogP contribution is 2.31. The fraction of sp³-hybridized carbons (Fsp3) is 0.250. The molecule has 5 heteroatoms. The molecule has 1 aromatic carbocycles. The summed E-state index contributed by atoms with van der Waals surface area (Å²) in [5, 5.41) is 0. The van der Waals surface area contributed by atoms with E-state index in [4.69, 9.17) is 4.74 Å². The van der Waals surface area contributed by atoms with Crippen LogP contribution in [0.2, 0.25) is 0 Å². The Hall–Kier alpha value is -2.43. The van der Waals surface area contributed by atoms with Crippen LogP contribution in [-0.2, 0) is 14.3 Å². The van der Waals surface area contributed by atoms with E-state index in [9.17, 15) is 14.0 Å². The van der Waals surface area contributed by atoms with E-state index < -0.39 is 11.8 Å². The van der Waals surface area contributed by atoms with Crippen molar-refractivity contribution in [2.24, 2.45) is 0 Å². The molecule has 0 bridgehead atoms. The number of likely N-dealkylation sites (N-methyl/N-ethyl adjacent to an activating group) is 1. The van der Waals surface area contributed by atoms with Gasteiger partial charge in [-0.2, -0.15) is 0 Å². The van der Waals surface area contributed by atoms with Gasteiger partial charge >= 0.3 is 5.97 Å². The van der Waals surface area contributed by atoms with Crippen molar-refractivity contribution in [2.45, 2.75) is 13.8 Å². The molecule has 0 aliphatic carbocycles. The van der Waals surface area contributed by atoms with Gasteiger partial charge in [0.25, 0.3) is 5.91 Å². The normalized spacial score (nSPS) is 16.9. The number of esters is 1. The number of allylic oxidation sites excluding steroid dienone is 1. The van der Waals surface area contributed by atoms with Gasteiger partial charge in [-0.05, 0) is 37.6 Å². The second-order valence-electron chi connectivity index (χ2n) is 4.61. The van der Waals surface area contributed by atoms with Crippen molar-refractivity contribution in [2.75, 3.05) is 13.7 Å². The molecule has 21 heavy (non-hydrogen) atoms. The van der Waals surface area contributed by atoms with Crippen LogP contribution in [0, 0.1) is 5.82 Å². The van der Waals surface area contributed by atoms with Gasteiger partial charge in [-0.15, -0.1) is 0 Å². The summed E-state index contributed by atoms with van der Waals surface area (Å²) >= 11 is 0. The van der Waals surface area contributed by atoms with E-state index in [1.807, 2.05) is 6.92 Å². The molecule has 2 rings (SSSR count). The number of ether oxygens (including phenoxy) is 1. The first-order valence-corrected chi connectivity index (χ1v) is 6.58. The van der Waals surface area contributed by atoms with Gasteiger partial charge in [-0.3, -0.25) is 4.79 Å². The maximum Gasteiger partial charge on any atom is 0.340 e. The van der Waals surface area contributed by atoms with E-state index in [1.165, 1.54) is 30.2 Å². The fourth-order valence-electron chi connectivity index (χ4n) is 2.37. The first-order chi connectivity index (χ1) is 9.99. The summed E-state index contributed by atoms with van der Waals surface area (Å²) in [5.74, 6) is -1.25. The Morgan fingerprint density at radius 3 is 2.71 bits per heavy atom. The minimum atomic E-state index is -0.570. The predicted octanol–water partition coefficient (Wildman–Crippen LogP) is 2.52. The van der Waals surface area contributed by atoms with Gasteiger partial charge in [0.05, 0.1) is 18.3 Å². The highest BCUT2D eigenvalue weighted by Gasteiger charge is 2.35. The molecule has 1 aliphatic heterocycles. The van der Waals surface area contributed by atoms with Crippen LogP contribution in [0.3, 0.4) is 0 Å². The lowest BCUT2D eigenvalue weighted by atomic mass is 10.0. The SMILES string of the molecule is CCN1C(=O)/C(=C\c2cccc(F)c2)C(C(=O)OC)=C1C. The second kappa shape index (κ2) is 5.91. The van der Waals surface area contributed by atoms with Crippen molar-refractivity contribution < 1.29 is 18.7 Å². The number of hydrogen-bond acceptors (Lipinski definition) is 3. The van der Waals surface area contributed by atoms with E-state index in [0.29, 0.717) is 17.8 Å². The molecular weight excluding hydrogens is 273 g/mol. The number of halogens is 1. The molecule has 1 amide bonds. The molecule has 0 spiro atoms. The van der Waals surface area contributed by atoms with Crippen LogP contribution in [0.15, 0.2) is 41.1 Å². The van der Waals surface area contributed by atoms with Crippen LogP contribution < -0.4 is 0 Å². The molecule has 0 saturated heterocycles. The van der Waals surface area contributed by atoms with Gasteiger partial charge in [0.2, 0.25) is 0 Å². The Bertz CT molecular complexity index is 661. The molecule has 0 radical (unpaired) electrons. The highest BCUT2D eigenvalue weighted by molar-refractivity contribution is 6.16. The lowest BCUT2D eigenvalue weighted by Gasteiger charge is -2.14. The third-order valence-electron chi connectivity index (χ3n) is 3.38. The van der Waals surface area contributed by atoms with E-state index in [1.54, 1.807) is 19.1 Å². The Morgan fingerprint density at radius 2 is 2.14 bits per heavy atom. The number of benzene rings is 1. The summed E-state index contributed by atoms with van der Waals surface area (Å²) in [7, 11) is 1.27. The first kappa shape index (κ1) is 15.0. The van der Waals surface area contributed by atoms with Crippen LogP contribution in [0.25, 0.3) is 6.08 Å². The molecule has 1 aromatic rings. The van der Waals surface area contributed by atoms with Crippen LogP contribution in [0.1, 0.15) is 19.4 Å². The van der Waals surface area contributed by atoms with Crippen molar-refractivity contribution in [3.8, 4) is 0 Å². The molecule has 0 aromatic heterocycles. The van der Waals surface area contributed by atoms with E-state index in [0.717, 1.165) is 0 Å². The van der Waals surface area contributed by atoms with Crippen molar-refractivity contribution in [3.63, 3.8) is 0 Å². The predicted molar refractivity (Wildman–Crippen MR) is 76.5 cm³/mol. The highest BCUT2D eigenvalue weighted by atomic mass is 19.1. The third-order valence-corrected chi connectivity index (χ3v) is 3.38. The molecular formula is C16H16FNO3. The van der Waals surface area contributed by atoms with Gasteiger partial charge in [0, 0.05) is 12.2 Å². The quantitative estimate of drug-likeness (QED) is 0.634. The summed E-state index contributed by atoms with van der Waals surface area (Å²) in [6, 6.07) is 5.84. The topological polar surface area (TPSA) is 46.6 Å². The van der Waals surface area contributed by atoms with Gasteiger partial charge < -0.3 is 9.64 Å². The number of hydrogen-bond donors (Lipinski definition) is 0. The fourth-order valence-corrected chi connectivity index (χ4v) is 2.37. The van der Waals surface area contributed by atoms with E-state index in [2.05, 4.69) is 0 Å². The monoisotopic (exact) mass is 289 g/mol. The van der Waals surface area contributed by atoms with Gasteiger partial charge in [0.15, 0.2) is 0 Å². The Labute approximate surface area is 122 Å². The average Bonchev–Trinajstić information content (AvgIpc) is 2.69. The molecule has 1 aliphatic rings. The summed E-state index contributed by atoms with van der Waals surface area (Å²) in [6.45, 7) is 3.97. The molecule has 0 atom stereocenters. The molecule has 0 saturated carbocycles. The number of amides is 1. The summed E-state index contributed by atoms with van der Waals surface area (Å²) in [5.41, 5.74) is 1.53. The molecule has 0 fully saturated rings. The Morgan fingerprint density at radius 1 is 1.43 bits per heavy atom. The van der Waals surface area contributed by atoms with Crippen molar-refractivity contribution in [1.82, 2.24) is 4.90 Å². The number of carbonyl (C=O) groups excluding carboxylic acids is 2. The Kier molecular flexibility index (Phi) is 4.21. The molecule has 4 nitrogen and oxygen atoms in total. The lowest BCUT2D eigenvalue weighted by Crippen LogP contribution is -2.24. The zero-order chi connectivity index (χ0) is 15.6. The van der Waals surface area contributed by atoms with Crippen molar-refractivity contribution in [1.29, 1.82) is 0 Å². The lowest BCUT2D eigenvalue weighted by molar-refractivity contribution is -0.136. The summed E-state index contributed by atoms with van der Waals surface area (Å²) < 4.78 is 18.0. The second-order valence-corrected chi connectivity index (χ2v) is 4.61. The number of carbonyl (C=O) groups is 2. The van der Waals surface area contributed by atoms with Crippen molar-refractivity contribution >= 4 is 18.0 Å². The average molecular weight is 289 g/mol. The van der Waals surface area contributed by atoms with Gasteiger partial charge in [0.1, 0.15) is 5.82 Å². The minimum absolute atomic E-state index is 0.229. The van der Waals surface area contributed by atoms with Crippen LogP contribution in [0.4, 0.5) is 4.39 Å². The number of nitrogens with zero attached hydrogens (tertiary/aromatic N) is 1. The van der Waals surface area contributed by atoms with Crippen molar-refractivity contribution in [3.05, 3.63) is 52.5 Å². The smallest absolute Gasteiger partial charge is 0.340 e. The molecule has 0 unspecified atom stereocenters. The maximum atomic E-state index is 13.3. The van der Waals surface area contributed by atoms with E-state index >= 15 is 0 Å². The molecule has 0 N–H and O–H groups in total. The van der Waals surface area contributed by atoms with Crippen LogP contribution in [-0.4, -0.2) is 30.4 Å². The zero-order valence-electron chi connectivity index (χ0n) is 12.1. The zero-order valence-corrected chi connectivity index (χ0v) is 12.1. The van der Waals surface area contributed by atoms with Crippen LogP contribution >= 0.6 is 0 Å². The van der Waals surface area contributed by atoms with Gasteiger partial charge in [-0.25, -0.2) is 9.18 Å². The largest absolute Gasteiger partial charge is 0.465 e. The molecule has 110 valence electrons. The maximum absolute atomic E-state index is 13.3. The standard InChI is InChI=1S/C16H16FNO3/c1-4-18-10(2)14(16(20)21-3)13(15(18)19)9-11-6-5-7-12(17)8-11/h5-9H,4H2,1-3H3/b13-9-. The summed E-state index contributed by atoms with van der Waals surface area (Å²) in [4.78, 5) is 25.8. The van der Waals surface area contributed by atoms with Gasteiger partial charge in [-0.1, -0.05) is 12.1 Å². The van der Waals surface area contributed by atoms with Crippen LogP contribution in [0.5, 0.6) is 0 Å². The number of methoxy groups -OCH3 is 1. The van der Waals surface area contributed by atoms with E-state index in [-0.39, 0.29) is 17.1 Å².